The third kappa shape index (κ3) is 1.59. The Kier molecular flexibility index (Phi) is 2.29. The number of nitrogens with zero attached hydrogens (tertiary/aromatic N) is 2. The average molecular weight is 271 g/mol. The summed E-state index contributed by atoms with van der Waals surface area (Å²) in [6.45, 7) is 3.11. The van der Waals surface area contributed by atoms with Crippen molar-refractivity contribution in [3.05, 3.63) is 16.7 Å². The van der Waals surface area contributed by atoms with Crippen LogP contribution in [-0.2, 0) is 4.74 Å². The number of hydrogen-bond donors (Lipinski definition) is 0. The fraction of sp³-hybridized carbons (Fsp3) is 0.500. The Morgan fingerprint density at radius 2 is 2.33 bits per heavy atom. The maximum atomic E-state index is 5.61. The number of rotatable bonds is 0. The lowest BCUT2D eigenvalue weighted by Gasteiger charge is -2.40. The molecule has 4 nitrogen and oxygen atoms in total. The van der Waals surface area contributed by atoms with Gasteiger partial charge in [0.05, 0.1) is 19.3 Å². The molecule has 0 N–H and O–H groups in total. The molecule has 5 heteroatoms. The Hall–Kier alpha value is -0.810. The van der Waals surface area contributed by atoms with Crippen LogP contribution in [-0.4, -0.2) is 37.4 Å². The van der Waals surface area contributed by atoms with Crippen LogP contribution in [0.3, 0.4) is 0 Å². The molecule has 3 rings (SSSR count). The number of ether oxygens (including phenoxy) is 2. The fourth-order valence-electron chi connectivity index (χ4n) is 2.02. The monoisotopic (exact) mass is 270 g/mol. The van der Waals surface area contributed by atoms with Crippen LogP contribution in [0.25, 0.3) is 0 Å². The Bertz CT molecular complexity index is 386. The summed E-state index contributed by atoms with van der Waals surface area (Å²) in [5.74, 6) is 0.725. The number of pyridine rings is 1. The summed E-state index contributed by atoms with van der Waals surface area (Å²) >= 11 is 3.34. The number of halogens is 1. The Balaban J connectivity index is 1.99. The largest absolute Gasteiger partial charge is 0.474 e. The highest BCUT2D eigenvalue weighted by molar-refractivity contribution is 9.10. The number of anilines is 1. The van der Waals surface area contributed by atoms with Gasteiger partial charge < -0.3 is 14.4 Å². The lowest BCUT2D eigenvalue weighted by Crippen LogP contribution is -2.51. The van der Waals surface area contributed by atoms with Gasteiger partial charge in [0.25, 0.3) is 0 Å². The summed E-state index contributed by atoms with van der Waals surface area (Å²) in [5, 5.41) is 0. The van der Waals surface area contributed by atoms with Gasteiger partial charge in [0.1, 0.15) is 16.9 Å². The van der Waals surface area contributed by atoms with Gasteiger partial charge >= 0.3 is 0 Å². The molecule has 0 spiro atoms. The second kappa shape index (κ2) is 3.64. The van der Waals surface area contributed by atoms with Crippen molar-refractivity contribution in [1.29, 1.82) is 0 Å². The van der Waals surface area contributed by atoms with Crippen molar-refractivity contribution in [2.75, 3.05) is 31.3 Å². The van der Waals surface area contributed by atoms with E-state index in [4.69, 9.17) is 9.47 Å². The molecule has 2 aliphatic heterocycles. The Morgan fingerprint density at radius 1 is 1.40 bits per heavy atom. The topological polar surface area (TPSA) is 34.6 Å². The first-order chi connectivity index (χ1) is 7.34. The molecule has 2 aliphatic rings. The molecular formula is C10H11BrN2O2. The summed E-state index contributed by atoms with van der Waals surface area (Å²) in [6, 6.07) is 4.33. The van der Waals surface area contributed by atoms with Crippen molar-refractivity contribution < 1.29 is 9.47 Å². The maximum absolute atomic E-state index is 5.61. The highest BCUT2D eigenvalue weighted by Crippen LogP contribution is 2.34. The molecule has 0 unspecified atom stereocenters. The molecule has 3 heterocycles. The standard InChI is InChI=1S/C10H11BrN2O2/c11-9-2-1-8-10(12-9)15-6-7-5-14-4-3-13(7)8/h1-2,7H,3-6H2/t7-/m0/s1. The number of fused-ring (bicyclic) bond motifs is 3. The third-order valence-electron chi connectivity index (χ3n) is 2.76. The van der Waals surface area contributed by atoms with Crippen LogP contribution in [0, 0.1) is 0 Å². The maximum Gasteiger partial charge on any atom is 0.238 e. The van der Waals surface area contributed by atoms with E-state index in [0.29, 0.717) is 12.6 Å². The first kappa shape index (κ1) is 9.42. The van der Waals surface area contributed by atoms with Crippen LogP contribution in [0.1, 0.15) is 0 Å². The van der Waals surface area contributed by atoms with Crippen molar-refractivity contribution in [1.82, 2.24) is 4.98 Å². The summed E-state index contributed by atoms with van der Waals surface area (Å²) in [7, 11) is 0. The fourth-order valence-corrected chi connectivity index (χ4v) is 2.31. The quantitative estimate of drug-likeness (QED) is 0.669. The number of morpholine rings is 1. The van der Waals surface area contributed by atoms with Crippen LogP contribution in [0.5, 0.6) is 5.88 Å². The van der Waals surface area contributed by atoms with Crippen LogP contribution >= 0.6 is 15.9 Å². The molecule has 15 heavy (non-hydrogen) atoms. The molecule has 0 bridgehead atoms. The minimum absolute atomic E-state index is 0.342. The molecule has 1 aromatic heterocycles. The number of aromatic nitrogens is 1. The Labute approximate surface area is 96.3 Å². The first-order valence-electron chi connectivity index (χ1n) is 4.98. The minimum atomic E-state index is 0.342. The highest BCUT2D eigenvalue weighted by Gasteiger charge is 2.30. The van der Waals surface area contributed by atoms with Crippen molar-refractivity contribution in [3.8, 4) is 5.88 Å². The van der Waals surface area contributed by atoms with Crippen LogP contribution in [0.4, 0.5) is 5.69 Å². The smallest absolute Gasteiger partial charge is 0.238 e. The SMILES string of the molecule is Brc1ccc2c(n1)OC[C@@H]1COCCN21. The van der Waals surface area contributed by atoms with Gasteiger partial charge in [-0.3, -0.25) is 0 Å². The van der Waals surface area contributed by atoms with Gasteiger partial charge in [0.2, 0.25) is 5.88 Å². The second-order valence-electron chi connectivity index (χ2n) is 3.69. The van der Waals surface area contributed by atoms with E-state index in [9.17, 15) is 0 Å². The van der Waals surface area contributed by atoms with E-state index < -0.39 is 0 Å². The van der Waals surface area contributed by atoms with E-state index in [2.05, 4.69) is 25.8 Å². The molecule has 0 amide bonds. The predicted molar refractivity (Wildman–Crippen MR) is 59.4 cm³/mol. The van der Waals surface area contributed by atoms with Crippen molar-refractivity contribution >= 4 is 21.6 Å². The molecular weight excluding hydrogens is 260 g/mol. The van der Waals surface area contributed by atoms with Crippen molar-refractivity contribution in [2.24, 2.45) is 0 Å². The molecule has 0 aromatic carbocycles. The van der Waals surface area contributed by atoms with Crippen molar-refractivity contribution in [2.45, 2.75) is 6.04 Å². The third-order valence-corrected chi connectivity index (χ3v) is 3.20. The van der Waals surface area contributed by atoms with Gasteiger partial charge in [-0.15, -0.1) is 0 Å². The molecule has 0 saturated carbocycles. The van der Waals surface area contributed by atoms with Crippen LogP contribution in [0.15, 0.2) is 16.7 Å². The van der Waals surface area contributed by atoms with Gasteiger partial charge in [0, 0.05) is 6.54 Å². The van der Waals surface area contributed by atoms with E-state index in [1.165, 1.54) is 0 Å². The van der Waals surface area contributed by atoms with Crippen LogP contribution < -0.4 is 9.64 Å². The van der Waals surface area contributed by atoms with Gasteiger partial charge in [0.15, 0.2) is 0 Å². The molecule has 0 aliphatic carbocycles. The Morgan fingerprint density at radius 3 is 3.27 bits per heavy atom. The normalized spacial score (nSPS) is 24.1. The van der Waals surface area contributed by atoms with Gasteiger partial charge in [-0.05, 0) is 28.1 Å². The molecule has 0 radical (unpaired) electrons. The van der Waals surface area contributed by atoms with Crippen molar-refractivity contribution in [3.63, 3.8) is 0 Å². The second-order valence-corrected chi connectivity index (χ2v) is 4.50. The summed E-state index contributed by atoms with van der Waals surface area (Å²) in [4.78, 5) is 6.64. The minimum Gasteiger partial charge on any atom is -0.474 e. The van der Waals surface area contributed by atoms with Gasteiger partial charge in [-0.1, -0.05) is 0 Å². The van der Waals surface area contributed by atoms with E-state index in [1.54, 1.807) is 0 Å². The molecule has 1 saturated heterocycles. The zero-order chi connectivity index (χ0) is 10.3. The summed E-state index contributed by atoms with van der Waals surface area (Å²) in [6.07, 6.45) is 0. The van der Waals surface area contributed by atoms with E-state index in [0.717, 1.165) is 35.9 Å². The highest BCUT2D eigenvalue weighted by atomic mass is 79.9. The molecule has 1 aromatic rings. The first-order valence-corrected chi connectivity index (χ1v) is 5.77. The van der Waals surface area contributed by atoms with Gasteiger partial charge in [-0.2, -0.15) is 0 Å². The van der Waals surface area contributed by atoms with Gasteiger partial charge in [-0.25, -0.2) is 4.98 Å². The number of hydrogen-bond acceptors (Lipinski definition) is 4. The molecule has 1 atom stereocenters. The van der Waals surface area contributed by atoms with E-state index >= 15 is 0 Å². The summed E-state index contributed by atoms with van der Waals surface area (Å²) < 4.78 is 11.9. The zero-order valence-electron chi connectivity index (χ0n) is 8.15. The average Bonchev–Trinajstić information content (AvgIpc) is 2.28. The van der Waals surface area contributed by atoms with E-state index in [1.807, 2.05) is 12.1 Å². The lowest BCUT2D eigenvalue weighted by molar-refractivity contribution is 0.0692. The molecule has 1 fully saturated rings. The van der Waals surface area contributed by atoms with E-state index in [-0.39, 0.29) is 0 Å². The predicted octanol–water partition coefficient (Wildman–Crippen LogP) is 1.44. The summed E-state index contributed by atoms with van der Waals surface area (Å²) in [5.41, 5.74) is 1.08. The molecule has 80 valence electrons. The lowest BCUT2D eigenvalue weighted by atomic mass is 10.2. The van der Waals surface area contributed by atoms with Crippen LogP contribution in [0.2, 0.25) is 0 Å². The zero-order valence-corrected chi connectivity index (χ0v) is 9.74.